The van der Waals surface area contributed by atoms with Gasteiger partial charge in [0.15, 0.2) is 12.2 Å². The van der Waals surface area contributed by atoms with Crippen LogP contribution in [0.15, 0.2) is 60.3 Å². The fourth-order valence-electron chi connectivity index (χ4n) is 1.83. The quantitative estimate of drug-likeness (QED) is 0.722. The summed E-state index contributed by atoms with van der Waals surface area (Å²) in [6.45, 7) is 9.58. The van der Waals surface area contributed by atoms with Crippen LogP contribution >= 0.6 is 0 Å². The number of likely N-dealkylation sites (N-methyl/N-ethyl adjacent to an activating group) is 1. The van der Waals surface area contributed by atoms with Gasteiger partial charge < -0.3 is 15.2 Å². The van der Waals surface area contributed by atoms with E-state index in [1.54, 1.807) is 6.11 Å². The van der Waals surface area contributed by atoms with Gasteiger partial charge >= 0.3 is 0 Å². The van der Waals surface area contributed by atoms with Crippen LogP contribution in [0.5, 0.6) is 0 Å². The van der Waals surface area contributed by atoms with E-state index in [0.717, 1.165) is 6.42 Å². The van der Waals surface area contributed by atoms with E-state index >= 15 is 0 Å². The van der Waals surface area contributed by atoms with Crippen LogP contribution in [0.2, 0.25) is 0 Å². The Kier molecular flexibility index (Phi) is 11.4. The zero-order valence-corrected chi connectivity index (χ0v) is 16.3. The van der Waals surface area contributed by atoms with Crippen molar-refractivity contribution in [1.29, 1.82) is 0 Å². The highest BCUT2D eigenvalue weighted by molar-refractivity contribution is 5.75. The summed E-state index contributed by atoms with van der Waals surface area (Å²) in [6.07, 6.45) is 13.4. The standard InChI is InChI=1S/C14H15N.C6H10O2.C2H6/c1-15-14-9-5-8-13(10-11-14)12-6-3-2-4-7-12;1-6(2,3)8-5-4-7;1-2/h2-4,6-11,15H,5H2,1H3;7H,1-3H3;1-2H3. The van der Waals surface area contributed by atoms with Gasteiger partial charge in [-0.15, -0.1) is 0 Å². The van der Waals surface area contributed by atoms with Gasteiger partial charge in [-0.3, -0.25) is 0 Å². The third-order valence-electron chi connectivity index (χ3n) is 2.92. The lowest BCUT2D eigenvalue weighted by atomic mass is 10.1. The van der Waals surface area contributed by atoms with E-state index in [9.17, 15) is 0 Å². The average Bonchev–Trinajstić information content (AvgIpc) is 2.88. The van der Waals surface area contributed by atoms with Gasteiger partial charge in [-0.05, 0) is 44.4 Å². The van der Waals surface area contributed by atoms with E-state index in [2.05, 4.69) is 60.0 Å². The third kappa shape index (κ3) is 10.7. The summed E-state index contributed by atoms with van der Waals surface area (Å²) in [5.41, 5.74) is 3.46. The molecule has 2 N–H and O–H groups in total. The molecule has 0 radical (unpaired) electrons. The van der Waals surface area contributed by atoms with Crippen molar-refractivity contribution in [3.63, 3.8) is 0 Å². The Bertz CT molecular complexity index is 623. The first kappa shape index (κ1) is 22.4. The first-order valence-corrected chi connectivity index (χ1v) is 8.60. The molecule has 0 fully saturated rings. The van der Waals surface area contributed by atoms with Crippen LogP contribution in [0, 0.1) is 12.2 Å². The van der Waals surface area contributed by atoms with Gasteiger partial charge in [0.1, 0.15) is 5.60 Å². The summed E-state index contributed by atoms with van der Waals surface area (Å²) in [5, 5.41) is 11.1. The van der Waals surface area contributed by atoms with E-state index in [4.69, 9.17) is 9.84 Å². The zero-order chi connectivity index (χ0) is 19.1. The normalized spacial score (nSPS) is 12.4. The molecule has 0 aromatic heterocycles. The minimum atomic E-state index is -0.282. The van der Waals surface area contributed by atoms with E-state index in [1.807, 2.05) is 47.7 Å². The van der Waals surface area contributed by atoms with Gasteiger partial charge in [0.2, 0.25) is 0 Å². The fraction of sp³-hybridized carbons (Fsp3) is 0.364. The van der Waals surface area contributed by atoms with Crippen LogP contribution in [-0.2, 0) is 4.74 Å². The van der Waals surface area contributed by atoms with Gasteiger partial charge in [-0.1, -0.05) is 62.4 Å². The second-order valence-corrected chi connectivity index (χ2v) is 5.93. The molecule has 1 aliphatic carbocycles. The summed E-state index contributed by atoms with van der Waals surface area (Å²) in [6, 6.07) is 10.5. The number of hydrogen-bond acceptors (Lipinski definition) is 3. The second-order valence-electron chi connectivity index (χ2n) is 5.93. The second kappa shape index (κ2) is 12.8. The Balaban J connectivity index is 0.000000493. The molecular weight excluding hydrogens is 310 g/mol. The Hall–Kier alpha value is -2.60. The third-order valence-corrected chi connectivity index (χ3v) is 2.92. The summed E-state index contributed by atoms with van der Waals surface area (Å²) >= 11 is 0. The largest absolute Gasteiger partial charge is 0.460 e. The molecule has 0 aliphatic heterocycles. The average molecular weight is 341 g/mol. The number of ether oxygens (including phenoxy) is 1. The molecule has 1 aromatic rings. The molecule has 3 heteroatoms. The van der Waals surface area contributed by atoms with Crippen LogP contribution in [0.3, 0.4) is 0 Å². The van der Waals surface area contributed by atoms with Crippen LogP contribution in [0.25, 0.3) is 5.57 Å². The number of aliphatic hydroxyl groups excluding tert-OH is 1. The Labute approximate surface area is 153 Å². The molecule has 2 rings (SSSR count). The Morgan fingerprint density at radius 3 is 2.16 bits per heavy atom. The molecular formula is C22H31NO2. The first-order valence-electron chi connectivity index (χ1n) is 8.60. The summed E-state index contributed by atoms with van der Waals surface area (Å²) in [5.74, 6) is 0. The molecule has 0 unspecified atom stereocenters. The minimum Gasteiger partial charge on any atom is -0.460 e. The van der Waals surface area contributed by atoms with Crippen molar-refractivity contribution in [2.45, 2.75) is 46.6 Å². The maximum Gasteiger partial charge on any atom is 0.155 e. The number of nitrogens with one attached hydrogen (secondary N) is 1. The fourth-order valence-corrected chi connectivity index (χ4v) is 1.83. The molecule has 1 aliphatic rings. The molecule has 1 aromatic carbocycles. The highest BCUT2D eigenvalue weighted by Crippen LogP contribution is 2.19. The van der Waals surface area contributed by atoms with Gasteiger partial charge in [0, 0.05) is 12.7 Å². The molecule has 0 amide bonds. The highest BCUT2D eigenvalue weighted by atomic mass is 16.5. The van der Waals surface area contributed by atoms with Crippen LogP contribution < -0.4 is 5.32 Å². The van der Waals surface area contributed by atoms with E-state index in [0.29, 0.717) is 0 Å². The molecule has 0 atom stereocenters. The lowest BCUT2D eigenvalue weighted by Crippen LogP contribution is -2.15. The monoisotopic (exact) mass is 341 g/mol. The molecule has 0 spiro atoms. The molecule has 0 bridgehead atoms. The lowest BCUT2D eigenvalue weighted by Gasteiger charge is -2.13. The van der Waals surface area contributed by atoms with Crippen molar-refractivity contribution in [3.8, 4) is 12.2 Å². The molecule has 0 saturated heterocycles. The van der Waals surface area contributed by atoms with Gasteiger partial charge in [0.25, 0.3) is 0 Å². The van der Waals surface area contributed by atoms with E-state index in [1.165, 1.54) is 16.8 Å². The van der Waals surface area contributed by atoms with Crippen molar-refractivity contribution >= 4 is 5.57 Å². The predicted octanol–water partition coefficient (Wildman–Crippen LogP) is 5.25. The van der Waals surface area contributed by atoms with Crippen LogP contribution in [-0.4, -0.2) is 17.8 Å². The number of allylic oxidation sites excluding steroid dienone is 5. The topological polar surface area (TPSA) is 41.5 Å². The maximum absolute atomic E-state index is 7.94. The minimum absolute atomic E-state index is 0.282. The van der Waals surface area contributed by atoms with Crippen molar-refractivity contribution in [1.82, 2.24) is 5.32 Å². The first-order chi connectivity index (χ1) is 12.0. The maximum atomic E-state index is 7.94. The highest BCUT2D eigenvalue weighted by Gasteiger charge is 2.07. The van der Waals surface area contributed by atoms with Crippen molar-refractivity contribution in [2.24, 2.45) is 0 Å². The summed E-state index contributed by atoms with van der Waals surface area (Å²) in [4.78, 5) is 0. The molecule has 136 valence electrons. The van der Waals surface area contributed by atoms with Gasteiger partial charge in [0.05, 0.1) is 0 Å². The van der Waals surface area contributed by atoms with Crippen LogP contribution in [0.4, 0.5) is 0 Å². The van der Waals surface area contributed by atoms with Gasteiger partial charge in [-0.2, -0.15) is 0 Å². The molecule has 3 nitrogen and oxygen atoms in total. The van der Waals surface area contributed by atoms with Crippen molar-refractivity contribution < 1.29 is 9.84 Å². The molecule has 0 saturated carbocycles. The Morgan fingerprint density at radius 2 is 1.68 bits per heavy atom. The van der Waals surface area contributed by atoms with E-state index in [-0.39, 0.29) is 5.60 Å². The van der Waals surface area contributed by atoms with Gasteiger partial charge in [-0.25, -0.2) is 0 Å². The van der Waals surface area contributed by atoms with Crippen molar-refractivity contribution in [2.75, 3.05) is 7.05 Å². The predicted molar refractivity (Wildman–Crippen MR) is 107 cm³/mol. The molecule has 25 heavy (non-hydrogen) atoms. The smallest absolute Gasteiger partial charge is 0.155 e. The number of aliphatic hydroxyl groups is 1. The molecule has 0 heterocycles. The summed E-state index contributed by atoms with van der Waals surface area (Å²) < 4.78 is 4.77. The number of benzene rings is 1. The van der Waals surface area contributed by atoms with Crippen LogP contribution in [0.1, 0.15) is 46.6 Å². The number of hydrogen-bond donors (Lipinski definition) is 2. The zero-order valence-electron chi connectivity index (χ0n) is 16.3. The lowest BCUT2D eigenvalue weighted by molar-refractivity contribution is 0.0946. The Morgan fingerprint density at radius 1 is 1.04 bits per heavy atom. The van der Waals surface area contributed by atoms with E-state index < -0.39 is 0 Å². The SMILES string of the molecule is CC.CC(C)(C)OC#CO.CNC1=CCC=C(c2ccccc2)C=C1. The van der Waals surface area contributed by atoms with Crippen molar-refractivity contribution in [3.05, 3.63) is 65.9 Å². The number of rotatable bonds is 2. The summed E-state index contributed by atoms with van der Waals surface area (Å²) in [7, 11) is 1.95.